The molecule has 1 spiro atoms. The molecule has 1 amide bonds. The van der Waals surface area contributed by atoms with Gasteiger partial charge in [-0.25, -0.2) is 9.78 Å². The highest BCUT2D eigenvalue weighted by Crippen LogP contribution is 2.52. The SMILES string of the molecule is CC(C)c1ccc2ccn(CC3CC4(C3)CN(C(=O)O)C4)c2n1. The summed E-state index contributed by atoms with van der Waals surface area (Å²) in [6, 6.07) is 6.41. The Balaban J connectivity index is 1.44. The predicted molar refractivity (Wildman–Crippen MR) is 88.6 cm³/mol. The summed E-state index contributed by atoms with van der Waals surface area (Å²) in [5, 5.41) is 10.2. The van der Waals surface area contributed by atoms with Gasteiger partial charge in [0.05, 0.1) is 0 Å². The molecule has 1 aliphatic carbocycles. The van der Waals surface area contributed by atoms with E-state index in [1.165, 1.54) is 10.3 Å². The summed E-state index contributed by atoms with van der Waals surface area (Å²) in [6.45, 7) is 6.78. The minimum atomic E-state index is -0.777. The first-order valence-electron chi connectivity index (χ1n) is 8.39. The maximum Gasteiger partial charge on any atom is 0.407 e. The number of likely N-dealkylation sites (tertiary alicyclic amines) is 1. The lowest BCUT2D eigenvalue weighted by atomic mass is 9.58. The van der Waals surface area contributed by atoms with Gasteiger partial charge in [-0.2, -0.15) is 0 Å². The van der Waals surface area contributed by atoms with Crippen LogP contribution in [-0.2, 0) is 6.54 Å². The monoisotopic (exact) mass is 313 g/mol. The van der Waals surface area contributed by atoms with Crippen LogP contribution < -0.4 is 0 Å². The molecule has 23 heavy (non-hydrogen) atoms. The molecule has 2 aromatic heterocycles. The molecule has 0 radical (unpaired) electrons. The molecule has 2 aromatic rings. The van der Waals surface area contributed by atoms with Crippen LogP contribution in [0, 0.1) is 11.3 Å². The third-order valence-corrected chi connectivity index (χ3v) is 5.45. The van der Waals surface area contributed by atoms with Crippen molar-refractivity contribution in [1.29, 1.82) is 0 Å². The Morgan fingerprint density at radius 2 is 2.09 bits per heavy atom. The van der Waals surface area contributed by atoms with Gasteiger partial charge in [-0.3, -0.25) is 0 Å². The number of pyridine rings is 1. The second-order valence-electron chi connectivity index (χ2n) is 7.68. The number of nitrogens with zero attached hydrogens (tertiary/aromatic N) is 3. The molecule has 4 rings (SSSR count). The summed E-state index contributed by atoms with van der Waals surface area (Å²) in [5.74, 6) is 1.08. The van der Waals surface area contributed by atoms with Crippen molar-refractivity contribution < 1.29 is 9.90 Å². The standard InChI is InChI=1S/C18H23N3O2/c1-12(2)15-4-3-14-5-6-20(16(14)19-15)9-13-7-18(8-13)10-21(11-18)17(22)23/h3-6,12-13H,7-11H2,1-2H3,(H,22,23). The largest absolute Gasteiger partial charge is 0.465 e. The quantitative estimate of drug-likeness (QED) is 0.942. The maximum absolute atomic E-state index is 10.9. The first kappa shape index (κ1) is 14.5. The molecule has 0 atom stereocenters. The number of rotatable bonds is 3. The van der Waals surface area contributed by atoms with Crippen LogP contribution in [0.3, 0.4) is 0 Å². The van der Waals surface area contributed by atoms with Crippen LogP contribution in [0.5, 0.6) is 0 Å². The number of fused-ring (bicyclic) bond motifs is 1. The number of carboxylic acid groups (broad SMARTS) is 1. The van der Waals surface area contributed by atoms with Gasteiger partial charge in [0.1, 0.15) is 5.65 Å². The minimum absolute atomic E-state index is 0.280. The highest BCUT2D eigenvalue weighted by atomic mass is 16.4. The fourth-order valence-electron chi connectivity index (χ4n) is 4.27. The first-order valence-corrected chi connectivity index (χ1v) is 8.39. The topological polar surface area (TPSA) is 58.4 Å². The zero-order valence-corrected chi connectivity index (χ0v) is 13.7. The van der Waals surface area contributed by atoms with Crippen molar-refractivity contribution in [3.8, 4) is 0 Å². The predicted octanol–water partition coefficient (Wildman–Crippen LogP) is 3.55. The molecule has 0 aromatic carbocycles. The van der Waals surface area contributed by atoms with Gasteiger partial charge in [0, 0.05) is 42.3 Å². The number of carbonyl (C=O) groups is 1. The number of hydrogen-bond donors (Lipinski definition) is 1. The van der Waals surface area contributed by atoms with Crippen LogP contribution in [0.25, 0.3) is 11.0 Å². The van der Waals surface area contributed by atoms with E-state index < -0.39 is 6.09 Å². The Kier molecular flexibility index (Phi) is 3.15. The van der Waals surface area contributed by atoms with Crippen molar-refractivity contribution in [3.63, 3.8) is 0 Å². The van der Waals surface area contributed by atoms with Crippen molar-refractivity contribution in [3.05, 3.63) is 30.1 Å². The Hall–Kier alpha value is -2.04. The number of amides is 1. The van der Waals surface area contributed by atoms with E-state index in [4.69, 9.17) is 10.1 Å². The van der Waals surface area contributed by atoms with Crippen molar-refractivity contribution in [2.24, 2.45) is 11.3 Å². The Bertz CT molecular complexity index is 751. The summed E-state index contributed by atoms with van der Waals surface area (Å²) in [4.78, 5) is 17.2. The second kappa shape index (κ2) is 4.98. The summed E-state index contributed by atoms with van der Waals surface area (Å²) in [5.41, 5.74) is 2.50. The fourth-order valence-corrected chi connectivity index (χ4v) is 4.27. The van der Waals surface area contributed by atoms with E-state index >= 15 is 0 Å². The van der Waals surface area contributed by atoms with E-state index in [-0.39, 0.29) is 5.41 Å². The van der Waals surface area contributed by atoms with Crippen LogP contribution in [0.15, 0.2) is 24.4 Å². The molecule has 3 heterocycles. The van der Waals surface area contributed by atoms with Crippen LogP contribution in [-0.4, -0.2) is 38.7 Å². The molecule has 0 bridgehead atoms. The third kappa shape index (κ3) is 2.38. The third-order valence-electron chi connectivity index (χ3n) is 5.45. The van der Waals surface area contributed by atoms with Crippen LogP contribution in [0.1, 0.15) is 38.3 Å². The first-order chi connectivity index (χ1) is 11.0. The summed E-state index contributed by atoms with van der Waals surface area (Å²) in [7, 11) is 0. The molecule has 1 saturated carbocycles. The van der Waals surface area contributed by atoms with E-state index in [0.717, 1.165) is 43.8 Å². The Labute approximate surface area is 135 Å². The molecule has 0 unspecified atom stereocenters. The van der Waals surface area contributed by atoms with Gasteiger partial charge in [-0.15, -0.1) is 0 Å². The fraction of sp³-hybridized carbons (Fsp3) is 0.556. The van der Waals surface area contributed by atoms with Gasteiger partial charge < -0.3 is 14.6 Å². The zero-order valence-electron chi connectivity index (χ0n) is 13.7. The summed E-state index contributed by atoms with van der Waals surface area (Å²) < 4.78 is 2.27. The van der Waals surface area contributed by atoms with Crippen molar-refractivity contribution in [2.45, 2.75) is 39.2 Å². The molecule has 1 aliphatic heterocycles. The highest BCUT2D eigenvalue weighted by molar-refractivity contribution is 5.76. The number of hydrogen-bond acceptors (Lipinski definition) is 2. The van der Waals surface area contributed by atoms with Gasteiger partial charge in [0.15, 0.2) is 0 Å². The Morgan fingerprint density at radius 3 is 2.74 bits per heavy atom. The van der Waals surface area contributed by atoms with Gasteiger partial charge in [-0.05, 0) is 42.9 Å². The normalized spacial score (nSPS) is 20.0. The van der Waals surface area contributed by atoms with E-state index in [1.807, 2.05) is 0 Å². The minimum Gasteiger partial charge on any atom is -0.465 e. The smallest absolute Gasteiger partial charge is 0.407 e. The molecule has 2 aliphatic rings. The van der Waals surface area contributed by atoms with Crippen LogP contribution in [0.2, 0.25) is 0 Å². The van der Waals surface area contributed by atoms with Gasteiger partial charge >= 0.3 is 6.09 Å². The van der Waals surface area contributed by atoms with E-state index in [2.05, 4.69) is 42.8 Å². The average molecular weight is 313 g/mol. The molecule has 1 saturated heterocycles. The molecular weight excluding hydrogens is 290 g/mol. The maximum atomic E-state index is 10.9. The molecule has 5 nitrogen and oxygen atoms in total. The molecule has 2 fully saturated rings. The number of aromatic nitrogens is 2. The summed E-state index contributed by atoms with van der Waals surface area (Å²) in [6.07, 6.45) is 3.64. The van der Waals surface area contributed by atoms with E-state index in [0.29, 0.717) is 11.8 Å². The molecule has 1 N–H and O–H groups in total. The van der Waals surface area contributed by atoms with Gasteiger partial charge in [-0.1, -0.05) is 13.8 Å². The zero-order chi connectivity index (χ0) is 16.2. The lowest BCUT2D eigenvalue weighted by Crippen LogP contribution is -2.63. The molecule has 5 heteroatoms. The molecule has 122 valence electrons. The van der Waals surface area contributed by atoms with Crippen molar-refractivity contribution in [1.82, 2.24) is 14.5 Å². The Morgan fingerprint density at radius 1 is 1.35 bits per heavy atom. The van der Waals surface area contributed by atoms with E-state index in [9.17, 15) is 4.79 Å². The molecular formula is C18H23N3O2. The lowest BCUT2D eigenvalue weighted by molar-refractivity contribution is -0.0834. The van der Waals surface area contributed by atoms with Crippen LogP contribution >= 0.6 is 0 Å². The van der Waals surface area contributed by atoms with Crippen molar-refractivity contribution in [2.75, 3.05) is 13.1 Å². The average Bonchev–Trinajstić information content (AvgIpc) is 2.81. The second-order valence-corrected chi connectivity index (χ2v) is 7.68. The lowest BCUT2D eigenvalue weighted by Gasteiger charge is -2.58. The van der Waals surface area contributed by atoms with E-state index in [1.54, 1.807) is 0 Å². The summed E-state index contributed by atoms with van der Waals surface area (Å²) >= 11 is 0. The van der Waals surface area contributed by atoms with Crippen LogP contribution in [0.4, 0.5) is 4.79 Å². The van der Waals surface area contributed by atoms with Gasteiger partial charge in [0.25, 0.3) is 0 Å². The van der Waals surface area contributed by atoms with Crippen molar-refractivity contribution >= 4 is 17.1 Å². The highest BCUT2D eigenvalue weighted by Gasteiger charge is 2.53. The van der Waals surface area contributed by atoms with Gasteiger partial charge in [0.2, 0.25) is 0 Å².